The topological polar surface area (TPSA) is 49.3 Å². The molecule has 2 atom stereocenters. The average molecular weight is 227 g/mol. The van der Waals surface area contributed by atoms with Crippen molar-refractivity contribution < 1.29 is 18.7 Å². The highest BCUT2D eigenvalue weighted by Gasteiger charge is 2.35. The number of benzene rings is 1. The van der Waals surface area contributed by atoms with E-state index in [4.69, 9.17) is 5.11 Å². The Bertz CT molecular complexity index is 425. The molecule has 1 fully saturated rings. The molecule has 2 rings (SSSR count). The molecule has 5 heteroatoms. The molecule has 1 amide bonds. The predicted molar refractivity (Wildman–Crippen MR) is 52.9 cm³/mol. The van der Waals surface area contributed by atoms with Crippen LogP contribution in [0.1, 0.15) is 18.4 Å². The monoisotopic (exact) mass is 227 g/mol. The molecule has 1 aromatic rings. The minimum Gasteiger partial charge on any atom is -0.508 e. The number of hydrogen-bond donors (Lipinski definition) is 2. The van der Waals surface area contributed by atoms with Crippen LogP contribution in [0, 0.1) is 17.6 Å². The Morgan fingerprint density at radius 1 is 1.38 bits per heavy atom. The Balaban J connectivity index is 2.45. The van der Waals surface area contributed by atoms with Crippen molar-refractivity contribution in [3.05, 3.63) is 29.3 Å². The van der Waals surface area contributed by atoms with Gasteiger partial charge >= 0.3 is 0 Å². The fourth-order valence-electron chi connectivity index (χ4n) is 2.01. The van der Waals surface area contributed by atoms with Gasteiger partial charge in [0.15, 0.2) is 0 Å². The molecule has 0 aliphatic carbocycles. The van der Waals surface area contributed by atoms with Gasteiger partial charge in [0.25, 0.3) is 0 Å². The van der Waals surface area contributed by atoms with Crippen LogP contribution in [0.2, 0.25) is 0 Å². The number of amides is 1. The number of halogens is 2. The maximum atomic E-state index is 13.5. The van der Waals surface area contributed by atoms with Crippen LogP contribution in [-0.2, 0) is 4.79 Å². The highest BCUT2D eigenvalue weighted by molar-refractivity contribution is 5.82. The van der Waals surface area contributed by atoms with Gasteiger partial charge in [0.05, 0.1) is 0 Å². The van der Waals surface area contributed by atoms with Crippen molar-refractivity contribution in [2.75, 3.05) is 6.54 Å². The lowest BCUT2D eigenvalue weighted by atomic mass is 9.89. The van der Waals surface area contributed by atoms with Crippen LogP contribution in [-0.4, -0.2) is 17.6 Å². The minimum atomic E-state index is -0.814. The summed E-state index contributed by atoms with van der Waals surface area (Å²) in [6.07, 6.45) is 0. The van der Waals surface area contributed by atoms with E-state index in [2.05, 4.69) is 5.32 Å². The molecule has 1 saturated heterocycles. The Morgan fingerprint density at radius 2 is 1.94 bits per heavy atom. The fourth-order valence-corrected chi connectivity index (χ4v) is 2.01. The average Bonchev–Trinajstić information content (AvgIpc) is 2.48. The van der Waals surface area contributed by atoms with Gasteiger partial charge in [-0.25, -0.2) is 8.78 Å². The van der Waals surface area contributed by atoms with Gasteiger partial charge in [-0.05, 0) is 0 Å². The van der Waals surface area contributed by atoms with Crippen molar-refractivity contribution in [2.45, 2.75) is 12.8 Å². The summed E-state index contributed by atoms with van der Waals surface area (Å²) >= 11 is 0. The molecule has 3 nitrogen and oxygen atoms in total. The molecule has 0 bridgehead atoms. The number of hydrogen-bond acceptors (Lipinski definition) is 2. The first-order chi connectivity index (χ1) is 7.50. The second kappa shape index (κ2) is 3.73. The van der Waals surface area contributed by atoms with Crippen LogP contribution in [0.15, 0.2) is 12.1 Å². The van der Waals surface area contributed by atoms with E-state index in [0.717, 1.165) is 12.1 Å². The van der Waals surface area contributed by atoms with Gasteiger partial charge in [-0.3, -0.25) is 4.79 Å². The zero-order valence-electron chi connectivity index (χ0n) is 8.63. The quantitative estimate of drug-likeness (QED) is 0.764. The number of nitrogens with one attached hydrogen (secondary N) is 1. The summed E-state index contributed by atoms with van der Waals surface area (Å²) < 4.78 is 27.0. The summed E-state index contributed by atoms with van der Waals surface area (Å²) in [5.74, 6) is -3.28. The molecule has 0 saturated carbocycles. The zero-order chi connectivity index (χ0) is 11.9. The fraction of sp³-hybridized carbons (Fsp3) is 0.364. The first-order valence-corrected chi connectivity index (χ1v) is 4.96. The van der Waals surface area contributed by atoms with E-state index in [1.54, 1.807) is 6.92 Å². The molecule has 1 aliphatic heterocycles. The lowest BCUT2D eigenvalue weighted by molar-refractivity contribution is -0.122. The number of carbonyl (C=O) groups is 1. The molecular weight excluding hydrogens is 216 g/mol. The normalized spacial score (nSPS) is 24.6. The highest BCUT2D eigenvalue weighted by atomic mass is 19.1. The van der Waals surface area contributed by atoms with Gasteiger partial charge in [-0.1, -0.05) is 6.92 Å². The number of aromatic hydroxyl groups is 1. The Morgan fingerprint density at radius 3 is 2.38 bits per heavy atom. The number of phenolic OH excluding ortho intramolecular Hbond substituents is 1. The van der Waals surface area contributed by atoms with E-state index < -0.39 is 29.2 Å². The first kappa shape index (κ1) is 10.9. The second-order valence-electron chi connectivity index (χ2n) is 3.96. The van der Waals surface area contributed by atoms with E-state index in [9.17, 15) is 13.6 Å². The van der Waals surface area contributed by atoms with Gasteiger partial charge in [-0.2, -0.15) is 0 Å². The van der Waals surface area contributed by atoms with Gasteiger partial charge < -0.3 is 10.4 Å². The summed E-state index contributed by atoms with van der Waals surface area (Å²) in [7, 11) is 0. The zero-order valence-corrected chi connectivity index (χ0v) is 8.63. The summed E-state index contributed by atoms with van der Waals surface area (Å²) in [5, 5.41) is 11.6. The Hall–Kier alpha value is -1.65. The Kier molecular flexibility index (Phi) is 2.53. The van der Waals surface area contributed by atoms with Crippen molar-refractivity contribution in [1.82, 2.24) is 5.32 Å². The molecule has 0 radical (unpaired) electrons. The maximum Gasteiger partial charge on any atom is 0.223 e. The highest BCUT2D eigenvalue weighted by Crippen LogP contribution is 2.33. The first-order valence-electron chi connectivity index (χ1n) is 4.96. The minimum absolute atomic E-state index is 0.136. The van der Waals surface area contributed by atoms with Gasteiger partial charge in [0, 0.05) is 36.1 Å². The van der Waals surface area contributed by atoms with Crippen molar-refractivity contribution in [3.63, 3.8) is 0 Å². The van der Waals surface area contributed by atoms with Crippen molar-refractivity contribution in [2.24, 2.45) is 5.92 Å². The predicted octanol–water partition coefficient (Wildman–Crippen LogP) is 1.52. The second-order valence-corrected chi connectivity index (χ2v) is 3.96. The summed E-state index contributed by atoms with van der Waals surface area (Å²) in [4.78, 5) is 11.2. The molecule has 86 valence electrons. The third-order valence-electron chi connectivity index (χ3n) is 2.95. The largest absolute Gasteiger partial charge is 0.508 e. The molecule has 1 aliphatic rings. The lowest BCUT2D eigenvalue weighted by Gasteiger charge is -2.14. The lowest BCUT2D eigenvalue weighted by Crippen LogP contribution is -2.17. The number of rotatable bonds is 1. The summed E-state index contributed by atoms with van der Waals surface area (Å²) in [6, 6.07) is 1.71. The van der Waals surface area contributed by atoms with Crippen LogP contribution in [0.25, 0.3) is 0 Å². The van der Waals surface area contributed by atoms with E-state index >= 15 is 0 Å². The maximum absolute atomic E-state index is 13.5. The standard InChI is InChI=1S/C11H11F2NO2/c1-5-7(4-14-11(5)16)10-8(12)2-6(15)3-9(10)13/h2-3,5,7,15H,4H2,1H3,(H,14,16)/t5-,7+/m0/s1. The summed E-state index contributed by atoms with van der Waals surface area (Å²) in [5.41, 5.74) is -0.136. The SMILES string of the molecule is C[C@@H]1C(=O)NC[C@H]1c1c(F)cc(O)cc1F. The number of phenols is 1. The van der Waals surface area contributed by atoms with Crippen molar-refractivity contribution in [1.29, 1.82) is 0 Å². The van der Waals surface area contributed by atoms with Gasteiger partial charge in [0.1, 0.15) is 17.4 Å². The van der Waals surface area contributed by atoms with Gasteiger partial charge in [-0.15, -0.1) is 0 Å². The molecule has 1 aromatic carbocycles. The van der Waals surface area contributed by atoms with E-state index in [1.807, 2.05) is 0 Å². The van der Waals surface area contributed by atoms with Crippen LogP contribution < -0.4 is 5.32 Å². The molecule has 0 spiro atoms. The van der Waals surface area contributed by atoms with Crippen LogP contribution in [0.5, 0.6) is 5.75 Å². The van der Waals surface area contributed by atoms with Crippen molar-refractivity contribution >= 4 is 5.91 Å². The molecule has 2 N–H and O–H groups in total. The molecular formula is C11H11F2NO2. The van der Waals surface area contributed by atoms with E-state index in [0.29, 0.717) is 0 Å². The van der Waals surface area contributed by atoms with Crippen LogP contribution in [0.4, 0.5) is 8.78 Å². The molecule has 0 unspecified atom stereocenters. The van der Waals surface area contributed by atoms with Crippen LogP contribution in [0.3, 0.4) is 0 Å². The smallest absolute Gasteiger partial charge is 0.223 e. The summed E-state index contributed by atoms with van der Waals surface area (Å²) in [6.45, 7) is 1.84. The van der Waals surface area contributed by atoms with Crippen LogP contribution >= 0.6 is 0 Å². The van der Waals surface area contributed by atoms with Crippen molar-refractivity contribution in [3.8, 4) is 5.75 Å². The third-order valence-corrected chi connectivity index (χ3v) is 2.95. The number of carbonyl (C=O) groups excluding carboxylic acids is 1. The van der Waals surface area contributed by atoms with E-state index in [1.165, 1.54) is 0 Å². The Labute approximate surface area is 91.1 Å². The third kappa shape index (κ3) is 1.62. The van der Waals surface area contributed by atoms with Gasteiger partial charge in [0.2, 0.25) is 5.91 Å². The van der Waals surface area contributed by atoms with E-state index in [-0.39, 0.29) is 18.0 Å². The molecule has 0 aromatic heterocycles. The molecule has 16 heavy (non-hydrogen) atoms. The molecule has 1 heterocycles.